The molecule has 4 rings (SSSR count). The molecule has 4 aromatic rings. The highest BCUT2D eigenvalue weighted by atomic mass is 16.1. The molecule has 1 unspecified atom stereocenters. The fraction of sp³-hybridized carbons (Fsp3) is 0.222. The Morgan fingerprint density at radius 2 is 1.77 bits per heavy atom. The number of nitrogens with one attached hydrogen (secondary N) is 2. The molecule has 8 heteroatoms. The van der Waals surface area contributed by atoms with E-state index in [0.29, 0.717) is 23.5 Å². The summed E-state index contributed by atoms with van der Waals surface area (Å²) in [7, 11) is 1.63. The van der Waals surface area contributed by atoms with Gasteiger partial charge in [-0.3, -0.25) is 14.6 Å². The van der Waals surface area contributed by atoms with E-state index in [-0.39, 0.29) is 17.7 Å². The number of fused-ring (bicyclic) bond motifs is 1. The number of anilines is 1. The molecular weight excluding hydrogens is 440 g/mol. The highest BCUT2D eigenvalue weighted by Crippen LogP contribution is 2.31. The summed E-state index contributed by atoms with van der Waals surface area (Å²) < 4.78 is 0. The van der Waals surface area contributed by atoms with E-state index in [0.717, 1.165) is 27.7 Å². The van der Waals surface area contributed by atoms with Gasteiger partial charge in [0.25, 0.3) is 5.91 Å². The van der Waals surface area contributed by atoms with Crippen molar-refractivity contribution >= 4 is 28.5 Å². The first-order chi connectivity index (χ1) is 16.9. The first-order valence-electron chi connectivity index (χ1n) is 11.4. The van der Waals surface area contributed by atoms with Crippen LogP contribution in [-0.2, 0) is 0 Å². The van der Waals surface area contributed by atoms with Crippen LogP contribution in [0.15, 0.2) is 67.1 Å². The number of pyridine rings is 1. The second kappa shape index (κ2) is 10.3. The molecule has 0 radical (unpaired) electrons. The second-order valence-corrected chi connectivity index (χ2v) is 8.56. The number of hydrogen-bond acceptors (Lipinski definition) is 6. The predicted molar refractivity (Wildman–Crippen MR) is 137 cm³/mol. The lowest BCUT2D eigenvalue weighted by molar-refractivity contribution is 0.0963. The van der Waals surface area contributed by atoms with E-state index in [2.05, 4.69) is 45.5 Å². The lowest BCUT2D eigenvalue weighted by Crippen LogP contribution is -2.19. The summed E-state index contributed by atoms with van der Waals surface area (Å²) in [4.78, 5) is 36.9. The molecule has 0 aliphatic rings. The van der Waals surface area contributed by atoms with Gasteiger partial charge in [-0.2, -0.15) is 0 Å². The van der Waals surface area contributed by atoms with Crippen LogP contribution in [-0.4, -0.2) is 40.4 Å². The van der Waals surface area contributed by atoms with Crippen molar-refractivity contribution in [2.45, 2.75) is 19.8 Å². The Bertz CT molecular complexity index is 1370. The third kappa shape index (κ3) is 5.11. The van der Waals surface area contributed by atoms with Gasteiger partial charge in [-0.05, 0) is 35.6 Å². The number of carbonyl (C=O) groups is 2. The molecule has 8 nitrogen and oxygen atoms in total. The smallest absolute Gasteiger partial charge is 0.251 e. The van der Waals surface area contributed by atoms with Gasteiger partial charge in [0.15, 0.2) is 0 Å². The molecule has 2 amide bonds. The van der Waals surface area contributed by atoms with Gasteiger partial charge in [0.2, 0.25) is 5.91 Å². The van der Waals surface area contributed by atoms with Crippen molar-refractivity contribution in [2.75, 3.05) is 18.9 Å². The normalized spacial score (nSPS) is 12.7. The zero-order chi connectivity index (χ0) is 24.9. The Kier molecular flexibility index (Phi) is 7.01. The van der Waals surface area contributed by atoms with E-state index in [1.165, 1.54) is 6.33 Å². The maximum Gasteiger partial charge on any atom is 0.251 e. The minimum Gasteiger partial charge on any atom is -0.370 e. The Labute approximate surface area is 204 Å². The Hall–Kier alpha value is -4.33. The van der Waals surface area contributed by atoms with Crippen LogP contribution in [0, 0.1) is 5.92 Å². The largest absolute Gasteiger partial charge is 0.370 e. The molecular formula is C27H28N6O2. The number of hydrogen-bond donors (Lipinski definition) is 3. The summed E-state index contributed by atoms with van der Waals surface area (Å²) in [5, 5.41) is 6.96. The van der Waals surface area contributed by atoms with Crippen molar-refractivity contribution in [2.24, 2.45) is 11.7 Å². The topological polar surface area (TPSA) is 123 Å². The van der Waals surface area contributed by atoms with Crippen LogP contribution in [0.1, 0.15) is 46.0 Å². The molecule has 0 aliphatic heterocycles. The highest BCUT2D eigenvalue weighted by Gasteiger charge is 2.19. The number of aromatic nitrogens is 3. The summed E-state index contributed by atoms with van der Waals surface area (Å²) >= 11 is 0. The van der Waals surface area contributed by atoms with Crippen LogP contribution >= 0.6 is 0 Å². The number of benzene rings is 2. The minimum atomic E-state index is -0.462. The zero-order valence-electron chi connectivity index (χ0n) is 19.9. The molecule has 2 heterocycles. The van der Waals surface area contributed by atoms with Crippen molar-refractivity contribution in [1.29, 1.82) is 0 Å². The van der Waals surface area contributed by atoms with Crippen LogP contribution in [0.25, 0.3) is 22.2 Å². The number of rotatable bonds is 8. The number of primary amides is 1. The molecule has 2 atom stereocenters. The molecule has 0 saturated heterocycles. The van der Waals surface area contributed by atoms with E-state index in [1.807, 2.05) is 30.3 Å². The SMILES string of the molecule is CNC(=O)c1ccnc2c(C(C)[C@H](C)CNc3cc(-c4ccc(C(N)=O)cc4)ncn3)cccc12. The zero-order valence-corrected chi connectivity index (χ0v) is 19.9. The average Bonchev–Trinajstić information content (AvgIpc) is 2.90. The monoisotopic (exact) mass is 468 g/mol. The van der Waals surface area contributed by atoms with E-state index >= 15 is 0 Å². The van der Waals surface area contributed by atoms with Crippen LogP contribution in [0.4, 0.5) is 5.82 Å². The summed E-state index contributed by atoms with van der Waals surface area (Å²) in [5.74, 6) is 0.559. The van der Waals surface area contributed by atoms with Crippen molar-refractivity contribution in [3.8, 4) is 11.3 Å². The van der Waals surface area contributed by atoms with Crippen LogP contribution in [0.2, 0.25) is 0 Å². The van der Waals surface area contributed by atoms with Gasteiger partial charge in [0, 0.05) is 42.4 Å². The van der Waals surface area contributed by atoms with E-state index in [9.17, 15) is 9.59 Å². The summed E-state index contributed by atoms with van der Waals surface area (Å²) in [6, 6.07) is 16.6. The maximum absolute atomic E-state index is 12.3. The molecule has 35 heavy (non-hydrogen) atoms. The fourth-order valence-corrected chi connectivity index (χ4v) is 4.06. The third-order valence-electron chi connectivity index (χ3n) is 6.36. The quantitative estimate of drug-likeness (QED) is 0.359. The van der Waals surface area contributed by atoms with Crippen molar-refractivity contribution in [1.82, 2.24) is 20.3 Å². The highest BCUT2D eigenvalue weighted by molar-refractivity contribution is 6.06. The van der Waals surface area contributed by atoms with Crippen molar-refractivity contribution < 1.29 is 9.59 Å². The van der Waals surface area contributed by atoms with E-state index < -0.39 is 5.91 Å². The van der Waals surface area contributed by atoms with Crippen LogP contribution < -0.4 is 16.4 Å². The molecule has 2 aromatic carbocycles. The van der Waals surface area contributed by atoms with Gasteiger partial charge in [-0.1, -0.05) is 44.2 Å². The van der Waals surface area contributed by atoms with Gasteiger partial charge in [0.1, 0.15) is 12.1 Å². The molecule has 0 aliphatic carbocycles. The predicted octanol–water partition coefficient (Wildman–Crippen LogP) is 4.00. The fourth-order valence-electron chi connectivity index (χ4n) is 4.06. The lowest BCUT2D eigenvalue weighted by Gasteiger charge is -2.22. The molecule has 4 N–H and O–H groups in total. The Morgan fingerprint density at radius 3 is 2.49 bits per heavy atom. The van der Waals surface area contributed by atoms with Gasteiger partial charge >= 0.3 is 0 Å². The first-order valence-corrected chi connectivity index (χ1v) is 11.4. The first kappa shape index (κ1) is 23.8. The minimum absolute atomic E-state index is 0.124. The third-order valence-corrected chi connectivity index (χ3v) is 6.36. The second-order valence-electron chi connectivity index (χ2n) is 8.56. The molecule has 178 valence electrons. The van der Waals surface area contributed by atoms with Crippen molar-refractivity contribution in [3.63, 3.8) is 0 Å². The van der Waals surface area contributed by atoms with Gasteiger partial charge < -0.3 is 16.4 Å². The van der Waals surface area contributed by atoms with E-state index in [4.69, 9.17) is 5.73 Å². The molecule has 0 fully saturated rings. The van der Waals surface area contributed by atoms with Crippen molar-refractivity contribution in [3.05, 3.63) is 83.8 Å². The standard InChI is InChI=1S/C27H28N6O2/c1-16(17(2)20-5-4-6-21-22(27(35)29-3)11-12-30-25(20)21)14-31-24-13-23(32-15-33-24)18-7-9-19(10-8-18)26(28)34/h4-13,15-17H,14H2,1-3H3,(H2,28,34)(H,29,35)(H,31,32,33)/t16-,17?/m1/s1. The number of carbonyl (C=O) groups excluding carboxylic acids is 2. The summed E-state index contributed by atoms with van der Waals surface area (Å²) in [5.41, 5.74) is 9.96. The van der Waals surface area contributed by atoms with Gasteiger partial charge in [-0.15, -0.1) is 0 Å². The Balaban J connectivity index is 1.50. The Morgan fingerprint density at radius 1 is 1.00 bits per heavy atom. The number of para-hydroxylation sites is 1. The average molecular weight is 469 g/mol. The maximum atomic E-state index is 12.3. The molecule has 0 saturated carbocycles. The lowest BCUT2D eigenvalue weighted by atomic mass is 9.87. The van der Waals surface area contributed by atoms with Gasteiger partial charge in [-0.25, -0.2) is 9.97 Å². The van der Waals surface area contributed by atoms with E-state index in [1.54, 1.807) is 31.4 Å². The van der Waals surface area contributed by atoms with Crippen LogP contribution in [0.3, 0.4) is 0 Å². The summed E-state index contributed by atoms with van der Waals surface area (Å²) in [6.45, 7) is 5.02. The van der Waals surface area contributed by atoms with Gasteiger partial charge in [0.05, 0.1) is 16.8 Å². The molecule has 0 bridgehead atoms. The molecule has 2 aromatic heterocycles. The molecule has 0 spiro atoms. The summed E-state index contributed by atoms with van der Waals surface area (Å²) in [6.07, 6.45) is 3.20. The number of nitrogens with zero attached hydrogens (tertiary/aromatic N) is 3. The number of nitrogens with two attached hydrogens (primary N) is 1. The van der Waals surface area contributed by atoms with Crippen LogP contribution in [0.5, 0.6) is 0 Å². The number of amides is 2.